The van der Waals surface area contributed by atoms with Crippen molar-refractivity contribution >= 4 is 34.0 Å². The molecule has 1 unspecified atom stereocenters. The molecule has 0 bridgehead atoms. The highest BCUT2D eigenvalue weighted by Gasteiger charge is 2.28. The number of fused-ring (bicyclic) bond motifs is 1. The first kappa shape index (κ1) is 21.0. The van der Waals surface area contributed by atoms with Gasteiger partial charge < -0.3 is 11.1 Å². The third kappa shape index (κ3) is 4.50. The van der Waals surface area contributed by atoms with Crippen molar-refractivity contribution in [3.8, 4) is 0 Å². The maximum Gasteiger partial charge on any atom is 0.251 e. The molecule has 1 amide bonds. The molecular weight excluding hydrogens is 374 g/mol. The summed E-state index contributed by atoms with van der Waals surface area (Å²) in [5.74, 6) is 0.333. The van der Waals surface area contributed by atoms with Crippen LogP contribution in [0.25, 0.3) is 0 Å². The standard InChI is InChI=1S/C18H27N3O3S.ClH/c1-25(23,24)21-10-9-14-11-15(7-8-17(14)21)18(22)20-16(12-19)13-5-3-2-4-6-13;/h7-8,11,13,16H,2-6,9-10,12,19H2,1H3,(H,20,22);1H. The lowest BCUT2D eigenvalue weighted by Gasteiger charge is -2.30. The van der Waals surface area contributed by atoms with E-state index in [1.165, 1.54) is 29.8 Å². The molecule has 1 atom stereocenters. The van der Waals surface area contributed by atoms with Gasteiger partial charge in [-0.05, 0) is 48.9 Å². The molecule has 1 saturated carbocycles. The minimum absolute atomic E-state index is 0. The van der Waals surface area contributed by atoms with Crippen LogP contribution in [0.1, 0.15) is 48.0 Å². The summed E-state index contributed by atoms with van der Waals surface area (Å²) in [5, 5.41) is 3.09. The Kier molecular flexibility index (Phi) is 6.93. The van der Waals surface area contributed by atoms with Crippen molar-refractivity contribution in [3.63, 3.8) is 0 Å². The first-order valence-corrected chi connectivity index (χ1v) is 10.9. The number of amides is 1. The van der Waals surface area contributed by atoms with Crippen molar-refractivity contribution in [2.45, 2.75) is 44.6 Å². The van der Waals surface area contributed by atoms with Crippen LogP contribution >= 0.6 is 12.4 Å². The molecule has 8 heteroatoms. The van der Waals surface area contributed by atoms with E-state index < -0.39 is 10.0 Å². The molecule has 3 rings (SSSR count). The van der Waals surface area contributed by atoms with E-state index in [1.54, 1.807) is 12.1 Å². The van der Waals surface area contributed by atoms with Crippen molar-refractivity contribution in [3.05, 3.63) is 29.3 Å². The molecule has 0 saturated heterocycles. The Morgan fingerprint density at radius 1 is 1.31 bits per heavy atom. The maximum absolute atomic E-state index is 12.6. The van der Waals surface area contributed by atoms with Crippen LogP contribution in [0.2, 0.25) is 0 Å². The van der Waals surface area contributed by atoms with Crippen LogP contribution in [-0.4, -0.2) is 39.7 Å². The fraction of sp³-hybridized carbons (Fsp3) is 0.611. The van der Waals surface area contributed by atoms with E-state index in [1.807, 2.05) is 6.07 Å². The van der Waals surface area contributed by atoms with E-state index in [4.69, 9.17) is 5.73 Å². The molecule has 1 fully saturated rings. The summed E-state index contributed by atoms with van der Waals surface area (Å²) in [6, 6.07) is 5.25. The molecule has 0 spiro atoms. The van der Waals surface area contributed by atoms with Crippen LogP contribution < -0.4 is 15.4 Å². The zero-order chi connectivity index (χ0) is 18.0. The first-order valence-electron chi connectivity index (χ1n) is 9.01. The minimum atomic E-state index is -3.27. The van der Waals surface area contributed by atoms with Gasteiger partial charge in [0, 0.05) is 24.7 Å². The van der Waals surface area contributed by atoms with Gasteiger partial charge in [0.15, 0.2) is 0 Å². The van der Waals surface area contributed by atoms with Gasteiger partial charge in [-0.25, -0.2) is 8.42 Å². The SMILES string of the molecule is CS(=O)(=O)N1CCc2cc(C(=O)NC(CN)C3CCCCC3)ccc21.Cl. The average Bonchev–Trinajstić information content (AvgIpc) is 3.03. The lowest BCUT2D eigenvalue weighted by Crippen LogP contribution is -2.45. The number of hydrogen-bond acceptors (Lipinski definition) is 4. The average molecular weight is 402 g/mol. The number of rotatable bonds is 5. The summed E-state index contributed by atoms with van der Waals surface area (Å²) < 4.78 is 25.0. The number of carbonyl (C=O) groups is 1. The molecule has 1 heterocycles. The normalized spacial score (nSPS) is 18.8. The van der Waals surface area contributed by atoms with E-state index in [-0.39, 0.29) is 24.4 Å². The topological polar surface area (TPSA) is 92.5 Å². The second-order valence-corrected chi connectivity index (χ2v) is 9.05. The second kappa shape index (κ2) is 8.59. The highest BCUT2D eigenvalue weighted by Crippen LogP contribution is 2.31. The summed E-state index contributed by atoms with van der Waals surface area (Å²) in [6.07, 6.45) is 7.76. The van der Waals surface area contributed by atoms with E-state index in [0.29, 0.717) is 36.7 Å². The predicted molar refractivity (Wildman–Crippen MR) is 106 cm³/mol. The number of halogens is 1. The van der Waals surface area contributed by atoms with E-state index in [9.17, 15) is 13.2 Å². The lowest BCUT2D eigenvalue weighted by atomic mass is 9.84. The van der Waals surface area contributed by atoms with Crippen LogP contribution in [-0.2, 0) is 16.4 Å². The van der Waals surface area contributed by atoms with Gasteiger partial charge in [-0.2, -0.15) is 0 Å². The molecule has 1 aliphatic heterocycles. The summed E-state index contributed by atoms with van der Waals surface area (Å²) >= 11 is 0. The molecule has 0 radical (unpaired) electrons. The molecule has 26 heavy (non-hydrogen) atoms. The molecule has 6 nitrogen and oxygen atoms in total. The van der Waals surface area contributed by atoms with Crippen molar-refractivity contribution in [1.82, 2.24) is 5.32 Å². The molecule has 1 aliphatic carbocycles. The van der Waals surface area contributed by atoms with Gasteiger partial charge in [0.05, 0.1) is 11.9 Å². The Morgan fingerprint density at radius 3 is 2.62 bits per heavy atom. The van der Waals surface area contributed by atoms with Crippen LogP contribution in [0, 0.1) is 5.92 Å². The summed E-state index contributed by atoms with van der Waals surface area (Å²) in [7, 11) is -3.27. The van der Waals surface area contributed by atoms with Crippen LogP contribution in [0.5, 0.6) is 0 Å². The van der Waals surface area contributed by atoms with Crippen LogP contribution in [0.3, 0.4) is 0 Å². The molecule has 1 aromatic carbocycles. The summed E-state index contributed by atoms with van der Waals surface area (Å²) in [6.45, 7) is 0.885. The first-order chi connectivity index (χ1) is 11.9. The number of nitrogens with zero attached hydrogens (tertiary/aromatic N) is 1. The van der Waals surface area contributed by atoms with E-state index in [0.717, 1.165) is 18.4 Å². The van der Waals surface area contributed by atoms with E-state index >= 15 is 0 Å². The summed E-state index contributed by atoms with van der Waals surface area (Å²) in [4.78, 5) is 12.6. The Hall–Kier alpha value is -1.31. The van der Waals surface area contributed by atoms with Gasteiger partial charge in [0.1, 0.15) is 0 Å². The van der Waals surface area contributed by atoms with Crippen LogP contribution in [0.4, 0.5) is 5.69 Å². The second-order valence-electron chi connectivity index (χ2n) is 7.14. The van der Waals surface area contributed by atoms with Crippen LogP contribution in [0.15, 0.2) is 18.2 Å². The molecule has 3 N–H and O–H groups in total. The van der Waals surface area contributed by atoms with Gasteiger partial charge in [-0.15, -0.1) is 12.4 Å². The molecule has 2 aliphatic rings. The number of nitrogens with one attached hydrogen (secondary N) is 1. The number of benzene rings is 1. The van der Waals surface area contributed by atoms with E-state index in [2.05, 4.69) is 5.32 Å². The zero-order valence-electron chi connectivity index (χ0n) is 15.1. The smallest absolute Gasteiger partial charge is 0.251 e. The van der Waals surface area contributed by atoms with Gasteiger partial charge >= 0.3 is 0 Å². The third-order valence-electron chi connectivity index (χ3n) is 5.38. The molecule has 1 aromatic rings. The van der Waals surface area contributed by atoms with Gasteiger partial charge in [0.25, 0.3) is 5.91 Å². The van der Waals surface area contributed by atoms with Gasteiger partial charge in [-0.1, -0.05) is 19.3 Å². The highest BCUT2D eigenvalue weighted by molar-refractivity contribution is 7.92. The number of hydrogen-bond donors (Lipinski definition) is 2. The summed E-state index contributed by atoms with van der Waals surface area (Å²) in [5.41, 5.74) is 8.06. The highest BCUT2D eigenvalue weighted by atomic mass is 35.5. The quantitative estimate of drug-likeness (QED) is 0.789. The Morgan fingerprint density at radius 2 is 2.00 bits per heavy atom. The number of nitrogens with two attached hydrogens (primary N) is 1. The predicted octanol–water partition coefficient (Wildman–Crippen LogP) is 2.07. The number of carbonyl (C=O) groups excluding carboxylic acids is 1. The van der Waals surface area contributed by atoms with Crippen molar-refractivity contribution in [1.29, 1.82) is 0 Å². The maximum atomic E-state index is 12.6. The molecular formula is C18H28ClN3O3S. The number of sulfonamides is 1. The fourth-order valence-corrected chi connectivity index (χ4v) is 4.97. The van der Waals surface area contributed by atoms with Gasteiger partial charge in [0.2, 0.25) is 10.0 Å². The van der Waals surface area contributed by atoms with Crippen molar-refractivity contribution in [2.24, 2.45) is 11.7 Å². The lowest BCUT2D eigenvalue weighted by molar-refractivity contribution is 0.0915. The monoisotopic (exact) mass is 401 g/mol. The number of anilines is 1. The Balaban J connectivity index is 0.00000243. The van der Waals surface area contributed by atoms with Crippen molar-refractivity contribution < 1.29 is 13.2 Å². The molecule has 146 valence electrons. The molecule has 0 aromatic heterocycles. The van der Waals surface area contributed by atoms with Crippen molar-refractivity contribution in [2.75, 3.05) is 23.7 Å². The Bertz CT molecular complexity index is 748. The zero-order valence-corrected chi connectivity index (χ0v) is 16.7. The van der Waals surface area contributed by atoms with Gasteiger partial charge in [-0.3, -0.25) is 9.10 Å². The third-order valence-corrected chi connectivity index (χ3v) is 6.56. The largest absolute Gasteiger partial charge is 0.348 e. The minimum Gasteiger partial charge on any atom is -0.348 e. The fourth-order valence-electron chi connectivity index (χ4n) is 4.01. The Labute approximate surface area is 162 Å².